The number of fused-ring (bicyclic) bond motifs is 2. The summed E-state index contributed by atoms with van der Waals surface area (Å²) in [4.78, 5) is 22.8. The highest BCUT2D eigenvalue weighted by molar-refractivity contribution is 7.11. The minimum absolute atomic E-state index is 0.208. The van der Waals surface area contributed by atoms with Crippen LogP contribution >= 0.6 is 22.9 Å². The van der Waals surface area contributed by atoms with Gasteiger partial charge in [-0.2, -0.15) is 0 Å². The molecule has 0 unspecified atom stereocenters. The molecule has 0 saturated carbocycles. The second-order valence-corrected chi connectivity index (χ2v) is 7.40. The number of nitrogens with zero attached hydrogens (tertiary/aromatic N) is 3. The molecule has 1 amide bonds. The number of pyridine rings is 1. The summed E-state index contributed by atoms with van der Waals surface area (Å²) in [5.41, 5.74) is 2.31. The van der Waals surface area contributed by atoms with Gasteiger partial charge in [0.25, 0.3) is 5.91 Å². The molecule has 0 fully saturated rings. The van der Waals surface area contributed by atoms with Crippen molar-refractivity contribution in [3.63, 3.8) is 0 Å². The maximum atomic E-state index is 12.5. The molecular weight excluding hydrogens is 344 g/mol. The number of amides is 1. The molecular formula is C17H17ClN4OS. The Morgan fingerprint density at radius 1 is 1.29 bits per heavy atom. The van der Waals surface area contributed by atoms with Gasteiger partial charge in [-0.15, -0.1) is 11.3 Å². The zero-order valence-electron chi connectivity index (χ0n) is 13.1. The Morgan fingerprint density at radius 2 is 2.17 bits per heavy atom. The summed E-state index contributed by atoms with van der Waals surface area (Å²) >= 11 is 7.91. The van der Waals surface area contributed by atoms with Crippen LogP contribution in [0.5, 0.6) is 0 Å². The number of carbonyl (C=O) groups is 1. The Morgan fingerprint density at radius 3 is 3.04 bits per heavy atom. The molecule has 3 aromatic rings. The molecule has 0 bridgehead atoms. The van der Waals surface area contributed by atoms with Gasteiger partial charge in [0.05, 0.1) is 10.7 Å². The SMILES string of the molecule is O=C(NCCc1nc2c(s1)CCCC2)c1c(Cl)nc2ccccn12. The van der Waals surface area contributed by atoms with Gasteiger partial charge in [0.2, 0.25) is 0 Å². The number of rotatable bonds is 4. The van der Waals surface area contributed by atoms with Crippen LogP contribution in [0.2, 0.25) is 5.15 Å². The quantitative estimate of drug-likeness (QED) is 0.776. The lowest BCUT2D eigenvalue weighted by Gasteiger charge is -2.06. The van der Waals surface area contributed by atoms with E-state index in [-0.39, 0.29) is 11.1 Å². The van der Waals surface area contributed by atoms with Crippen LogP contribution in [0.4, 0.5) is 0 Å². The topological polar surface area (TPSA) is 59.3 Å². The summed E-state index contributed by atoms with van der Waals surface area (Å²) in [5, 5.41) is 4.26. The maximum absolute atomic E-state index is 12.5. The molecule has 0 aromatic carbocycles. The van der Waals surface area contributed by atoms with Crippen molar-refractivity contribution in [3.8, 4) is 0 Å². The molecule has 24 heavy (non-hydrogen) atoms. The van der Waals surface area contributed by atoms with Crippen LogP contribution in [0.3, 0.4) is 0 Å². The van der Waals surface area contributed by atoms with Gasteiger partial charge < -0.3 is 5.32 Å². The highest BCUT2D eigenvalue weighted by Crippen LogP contribution is 2.26. The van der Waals surface area contributed by atoms with Crippen LogP contribution in [0, 0.1) is 0 Å². The Balaban J connectivity index is 1.43. The third-order valence-corrected chi connectivity index (χ3v) is 5.70. The van der Waals surface area contributed by atoms with Gasteiger partial charge in [-0.1, -0.05) is 17.7 Å². The molecule has 0 atom stereocenters. The zero-order valence-corrected chi connectivity index (χ0v) is 14.7. The Labute approximate surface area is 148 Å². The minimum Gasteiger partial charge on any atom is -0.350 e. The van der Waals surface area contributed by atoms with Gasteiger partial charge in [-0.05, 0) is 37.8 Å². The van der Waals surface area contributed by atoms with E-state index in [0.717, 1.165) is 24.3 Å². The van der Waals surface area contributed by atoms with Crippen molar-refractivity contribution in [2.75, 3.05) is 6.54 Å². The number of halogens is 1. The van der Waals surface area contributed by atoms with Gasteiger partial charge in [0.15, 0.2) is 10.8 Å². The molecule has 1 N–H and O–H groups in total. The number of imidazole rings is 1. The molecule has 3 aromatic heterocycles. The molecule has 7 heteroatoms. The van der Waals surface area contributed by atoms with Crippen LogP contribution in [0.1, 0.15) is 38.9 Å². The Bertz CT molecular complexity index is 878. The molecule has 3 heterocycles. The van der Waals surface area contributed by atoms with Crippen molar-refractivity contribution in [2.45, 2.75) is 32.1 Å². The van der Waals surface area contributed by atoms with Crippen molar-refractivity contribution >= 4 is 34.5 Å². The van der Waals surface area contributed by atoms with E-state index in [1.807, 2.05) is 18.2 Å². The maximum Gasteiger partial charge on any atom is 0.271 e. The molecule has 0 spiro atoms. The van der Waals surface area contributed by atoms with Crippen LogP contribution in [0.15, 0.2) is 24.4 Å². The average molecular weight is 361 g/mol. The van der Waals surface area contributed by atoms with Crippen LogP contribution in [-0.2, 0) is 19.3 Å². The zero-order chi connectivity index (χ0) is 16.5. The lowest BCUT2D eigenvalue weighted by atomic mass is 10.0. The van der Waals surface area contributed by atoms with E-state index >= 15 is 0 Å². The van der Waals surface area contributed by atoms with E-state index in [9.17, 15) is 4.79 Å². The average Bonchev–Trinajstić information content (AvgIpc) is 3.13. The molecule has 0 radical (unpaired) electrons. The number of thiazole rings is 1. The van der Waals surface area contributed by atoms with E-state index in [4.69, 9.17) is 16.6 Å². The number of nitrogens with one attached hydrogen (secondary N) is 1. The van der Waals surface area contributed by atoms with Gasteiger partial charge in [-0.3, -0.25) is 9.20 Å². The Hall–Kier alpha value is -1.92. The number of aryl methyl sites for hydroxylation is 2. The van der Waals surface area contributed by atoms with E-state index < -0.39 is 0 Å². The van der Waals surface area contributed by atoms with Crippen LogP contribution in [-0.4, -0.2) is 26.8 Å². The predicted molar refractivity (Wildman–Crippen MR) is 95.0 cm³/mol. The second kappa shape index (κ2) is 6.53. The second-order valence-electron chi connectivity index (χ2n) is 5.87. The third kappa shape index (κ3) is 2.91. The van der Waals surface area contributed by atoms with Crippen molar-refractivity contribution in [1.29, 1.82) is 0 Å². The van der Waals surface area contributed by atoms with Crippen molar-refractivity contribution in [2.24, 2.45) is 0 Å². The number of hydrogen-bond donors (Lipinski definition) is 1. The first-order valence-corrected chi connectivity index (χ1v) is 9.30. The first kappa shape index (κ1) is 15.6. The summed E-state index contributed by atoms with van der Waals surface area (Å²) in [7, 11) is 0. The van der Waals surface area contributed by atoms with E-state index in [1.165, 1.54) is 23.4 Å². The van der Waals surface area contributed by atoms with Gasteiger partial charge in [0, 0.05) is 24.0 Å². The Kier molecular flexibility index (Phi) is 4.24. The summed E-state index contributed by atoms with van der Waals surface area (Å²) < 4.78 is 1.71. The van der Waals surface area contributed by atoms with Crippen LogP contribution < -0.4 is 5.32 Å². The monoisotopic (exact) mass is 360 g/mol. The predicted octanol–water partition coefficient (Wildman–Crippen LogP) is 3.30. The molecule has 0 saturated heterocycles. The van der Waals surface area contributed by atoms with E-state index in [1.54, 1.807) is 21.9 Å². The fourth-order valence-electron chi connectivity index (χ4n) is 3.05. The van der Waals surface area contributed by atoms with Crippen molar-refractivity contribution in [1.82, 2.24) is 19.7 Å². The largest absolute Gasteiger partial charge is 0.350 e. The summed E-state index contributed by atoms with van der Waals surface area (Å²) in [6.45, 7) is 0.543. The minimum atomic E-state index is -0.208. The van der Waals surface area contributed by atoms with E-state index in [0.29, 0.717) is 17.9 Å². The molecule has 1 aliphatic carbocycles. The number of carbonyl (C=O) groups excluding carboxylic acids is 1. The van der Waals surface area contributed by atoms with Crippen LogP contribution in [0.25, 0.3) is 5.65 Å². The van der Waals surface area contributed by atoms with Gasteiger partial charge in [0.1, 0.15) is 5.65 Å². The summed E-state index contributed by atoms with van der Waals surface area (Å²) in [6.07, 6.45) is 7.28. The standard InChI is InChI=1S/C17H17ClN4OS/c18-16-15(22-10-4-3-7-13(22)21-16)17(23)19-9-8-14-20-11-5-1-2-6-12(11)24-14/h3-4,7,10H,1-2,5-6,8-9H2,(H,19,23). The van der Waals surface area contributed by atoms with Crippen molar-refractivity contribution in [3.05, 3.63) is 50.8 Å². The number of hydrogen-bond acceptors (Lipinski definition) is 4. The molecule has 1 aliphatic rings. The third-order valence-electron chi connectivity index (χ3n) is 4.22. The highest BCUT2D eigenvalue weighted by Gasteiger charge is 2.18. The molecule has 4 rings (SSSR count). The first-order valence-electron chi connectivity index (χ1n) is 8.10. The lowest BCUT2D eigenvalue weighted by molar-refractivity contribution is 0.0948. The van der Waals surface area contributed by atoms with E-state index in [2.05, 4.69) is 10.3 Å². The molecule has 124 valence electrons. The first-order chi connectivity index (χ1) is 11.7. The van der Waals surface area contributed by atoms with Gasteiger partial charge in [-0.25, -0.2) is 9.97 Å². The van der Waals surface area contributed by atoms with Crippen molar-refractivity contribution < 1.29 is 4.79 Å². The highest BCUT2D eigenvalue weighted by atomic mass is 35.5. The van der Waals surface area contributed by atoms with Gasteiger partial charge >= 0.3 is 0 Å². The smallest absolute Gasteiger partial charge is 0.271 e. The summed E-state index contributed by atoms with van der Waals surface area (Å²) in [6, 6.07) is 5.54. The number of aromatic nitrogens is 3. The normalized spacial score (nSPS) is 13.9. The molecule has 0 aliphatic heterocycles. The lowest BCUT2D eigenvalue weighted by Crippen LogP contribution is -2.27. The summed E-state index contributed by atoms with van der Waals surface area (Å²) in [5.74, 6) is -0.208. The fraction of sp³-hybridized carbons (Fsp3) is 0.353. The molecule has 5 nitrogen and oxygen atoms in total. The fourth-order valence-corrected chi connectivity index (χ4v) is 4.47.